The number of aromatic nitrogens is 3. The van der Waals surface area contributed by atoms with E-state index >= 15 is 0 Å². The van der Waals surface area contributed by atoms with Gasteiger partial charge in [0.1, 0.15) is 16.2 Å². The number of para-hydroxylation sites is 1. The van der Waals surface area contributed by atoms with Crippen LogP contribution in [0.15, 0.2) is 29.3 Å². The normalized spacial score (nSPS) is 21.6. The van der Waals surface area contributed by atoms with Crippen LogP contribution in [0.25, 0.3) is 0 Å². The van der Waals surface area contributed by atoms with Crippen molar-refractivity contribution in [2.24, 2.45) is 0 Å². The van der Waals surface area contributed by atoms with Gasteiger partial charge in [-0.3, -0.25) is 0 Å². The molecule has 0 bridgehead atoms. The van der Waals surface area contributed by atoms with Crippen molar-refractivity contribution in [1.29, 1.82) is 0 Å². The Hall–Kier alpha value is -1.97. The van der Waals surface area contributed by atoms with Crippen LogP contribution >= 0.6 is 0 Å². The molecule has 1 atom stereocenters. The molecule has 146 valence electrons. The van der Waals surface area contributed by atoms with Crippen LogP contribution in [0.4, 0.5) is 0 Å². The molecule has 3 heterocycles. The van der Waals surface area contributed by atoms with Crippen LogP contribution < -0.4 is 14.8 Å². The van der Waals surface area contributed by atoms with Gasteiger partial charge < -0.3 is 10.1 Å². The summed E-state index contributed by atoms with van der Waals surface area (Å²) < 4.78 is 36.2. The molecule has 2 aliphatic heterocycles. The third-order valence-electron chi connectivity index (χ3n) is 5.13. The molecule has 1 unspecified atom stereocenters. The van der Waals surface area contributed by atoms with E-state index in [2.05, 4.69) is 20.4 Å². The van der Waals surface area contributed by atoms with Crippen LogP contribution in [-0.4, -0.2) is 42.1 Å². The van der Waals surface area contributed by atoms with Crippen molar-refractivity contribution < 1.29 is 13.2 Å². The second-order valence-corrected chi connectivity index (χ2v) is 9.50. The van der Waals surface area contributed by atoms with E-state index in [4.69, 9.17) is 4.74 Å². The number of sulfonamides is 1. The molecule has 0 radical (unpaired) electrons. The lowest BCUT2D eigenvalue weighted by Crippen LogP contribution is -2.34. The van der Waals surface area contributed by atoms with Gasteiger partial charge in [-0.1, -0.05) is 17.3 Å². The Balaban J connectivity index is 1.51. The first-order valence-corrected chi connectivity index (χ1v) is 10.7. The summed E-state index contributed by atoms with van der Waals surface area (Å²) in [5.74, 6) is 0.460. The van der Waals surface area contributed by atoms with Crippen molar-refractivity contribution in [2.75, 3.05) is 13.1 Å². The van der Waals surface area contributed by atoms with Gasteiger partial charge in [-0.15, -0.1) is 5.10 Å². The summed E-state index contributed by atoms with van der Waals surface area (Å²) in [6, 6.07) is 5.55. The Kier molecular flexibility index (Phi) is 4.69. The molecule has 1 saturated heterocycles. The van der Waals surface area contributed by atoms with Gasteiger partial charge in [0.2, 0.25) is 10.0 Å². The molecule has 1 aromatic heterocycles. The first-order valence-electron chi connectivity index (χ1n) is 9.26. The van der Waals surface area contributed by atoms with Gasteiger partial charge in [0, 0.05) is 6.54 Å². The molecule has 0 amide bonds. The first kappa shape index (κ1) is 18.4. The van der Waals surface area contributed by atoms with E-state index in [9.17, 15) is 8.42 Å². The Morgan fingerprint density at radius 1 is 1.41 bits per heavy atom. The molecule has 0 spiro atoms. The topological polar surface area (TPSA) is 98.1 Å². The number of rotatable bonds is 5. The monoisotopic (exact) mass is 391 g/mol. The molecule has 27 heavy (non-hydrogen) atoms. The van der Waals surface area contributed by atoms with Gasteiger partial charge in [-0.25, -0.2) is 17.8 Å². The van der Waals surface area contributed by atoms with Crippen molar-refractivity contribution in [3.05, 3.63) is 35.7 Å². The number of fused-ring (bicyclic) bond motifs is 1. The summed E-state index contributed by atoms with van der Waals surface area (Å²) in [5, 5.41) is 11.5. The number of benzene rings is 1. The number of ether oxygens (including phenoxy) is 1. The van der Waals surface area contributed by atoms with Crippen LogP contribution in [0, 0.1) is 0 Å². The van der Waals surface area contributed by atoms with E-state index in [-0.39, 0.29) is 23.1 Å². The van der Waals surface area contributed by atoms with E-state index in [0.717, 1.165) is 37.9 Å². The predicted octanol–water partition coefficient (Wildman–Crippen LogP) is 1.39. The quantitative estimate of drug-likeness (QED) is 0.799. The van der Waals surface area contributed by atoms with E-state index in [1.807, 2.05) is 19.9 Å². The lowest BCUT2D eigenvalue weighted by Gasteiger charge is -2.33. The van der Waals surface area contributed by atoms with Crippen molar-refractivity contribution in [1.82, 2.24) is 25.0 Å². The maximum Gasteiger partial charge on any atom is 0.244 e. The fourth-order valence-electron chi connectivity index (χ4n) is 3.53. The van der Waals surface area contributed by atoms with Gasteiger partial charge in [0.25, 0.3) is 0 Å². The zero-order valence-corrected chi connectivity index (χ0v) is 16.4. The number of aryl methyl sites for hydroxylation is 1. The number of nitrogens with one attached hydrogen (secondary N) is 2. The number of hydrogen-bond acceptors (Lipinski definition) is 6. The summed E-state index contributed by atoms with van der Waals surface area (Å²) in [5.41, 5.74) is 1.14. The lowest BCUT2D eigenvalue weighted by atomic mass is 9.94. The second-order valence-electron chi connectivity index (χ2n) is 7.77. The summed E-state index contributed by atoms with van der Waals surface area (Å²) in [6.45, 7) is 5.86. The Morgan fingerprint density at radius 3 is 3.04 bits per heavy atom. The number of hydrogen-bond donors (Lipinski definition) is 2. The third kappa shape index (κ3) is 3.85. The minimum Gasteiger partial charge on any atom is -0.486 e. The van der Waals surface area contributed by atoms with Crippen LogP contribution in [0.3, 0.4) is 0 Å². The van der Waals surface area contributed by atoms with Gasteiger partial charge in [0.05, 0.1) is 24.5 Å². The molecule has 0 saturated carbocycles. The third-order valence-corrected chi connectivity index (χ3v) is 6.56. The average molecular weight is 391 g/mol. The molecule has 8 nitrogen and oxygen atoms in total. The van der Waals surface area contributed by atoms with E-state index in [0.29, 0.717) is 11.4 Å². The highest BCUT2D eigenvalue weighted by Gasteiger charge is 2.31. The molecule has 2 N–H and O–H groups in total. The summed E-state index contributed by atoms with van der Waals surface area (Å²) in [7, 11) is -3.72. The zero-order chi connectivity index (χ0) is 19.1. The van der Waals surface area contributed by atoms with Gasteiger partial charge in [-0.2, -0.15) is 0 Å². The van der Waals surface area contributed by atoms with Crippen LogP contribution in [0.2, 0.25) is 0 Å². The van der Waals surface area contributed by atoms with E-state index in [1.54, 1.807) is 23.0 Å². The molecule has 1 fully saturated rings. The molecule has 2 aliphatic rings. The minimum absolute atomic E-state index is 0.0928. The Morgan fingerprint density at radius 2 is 2.26 bits per heavy atom. The van der Waals surface area contributed by atoms with E-state index < -0.39 is 10.0 Å². The van der Waals surface area contributed by atoms with Crippen LogP contribution in [0.5, 0.6) is 5.75 Å². The molecule has 1 aromatic carbocycles. The Bertz CT molecular complexity index is 932. The van der Waals surface area contributed by atoms with Gasteiger partial charge in [0.15, 0.2) is 0 Å². The van der Waals surface area contributed by atoms with Crippen molar-refractivity contribution >= 4 is 10.0 Å². The van der Waals surface area contributed by atoms with Crippen LogP contribution in [0.1, 0.15) is 44.0 Å². The lowest BCUT2D eigenvalue weighted by molar-refractivity contribution is 0.0806. The highest BCUT2D eigenvalue weighted by molar-refractivity contribution is 7.89. The number of nitrogens with zero attached hydrogens (tertiary/aromatic N) is 3. The largest absolute Gasteiger partial charge is 0.486 e. The molecule has 0 aliphatic carbocycles. The highest BCUT2D eigenvalue weighted by atomic mass is 32.2. The molecular formula is C18H25N5O3S. The standard InChI is InChI=1S/C18H25N5O3S/c1-18(2)8-6-13-4-3-5-16(17(13)26-18)27(24,25)20-10-14-12-23(22-21-14)15-7-9-19-11-15/h3-5,12,15,19-20H,6-11H2,1-2H3. The van der Waals surface area contributed by atoms with Crippen LogP contribution in [-0.2, 0) is 23.0 Å². The molecular weight excluding hydrogens is 366 g/mol. The second kappa shape index (κ2) is 6.88. The molecule has 4 rings (SSSR count). The average Bonchev–Trinajstić information content (AvgIpc) is 3.30. The Labute approximate surface area is 159 Å². The maximum absolute atomic E-state index is 12.9. The summed E-state index contributed by atoms with van der Waals surface area (Å²) in [4.78, 5) is 0.181. The first-order chi connectivity index (χ1) is 12.8. The molecule has 9 heteroatoms. The van der Waals surface area contributed by atoms with E-state index in [1.165, 1.54) is 0 Å². The van der Waals surface area contributed by atoms with Crippen molar-refractivity contribution in [3.63, 3.8) is 0 Å². The SMILES string of the molecule is CC1(C)CCc2cccc(S(=O)(=O)NCc3cn(C4CCNC4)nn3)c2O1. The van der Waals surface area contributed by atoms with Crippen molar-refractivity contribution in [2.45, 2.75) is 56.2 Å². The fraction of sp³-hybridized carbons (Fsp3) is 0.556. The predicted molar refractivity (Wildman–Crippen MR) is 100 cm³/mol. The minimum atomic E-state index is -3.72. The van der Waals surface area contributed by atoms with Gasteiger partial charge in [-0.05, 0) is 51.3 Å². The molecule has 2 aromatic rings. The fourth-order valence-corrected chi connectivity index (χ4v) is 4.70. The highest BCUT2D eigenvalue weighted by Crippen LogP contribution is 2.37. The van der Waals surface area contributed by atoms with Crippen molar-refractivity contribution in [3.8, 4) is 5.75 Å². The summed E-state index contributed by atoms with van der Waals surface area (Å²) >= 11 is 0. The summed E-state index contributed by atoms with van der Waals surface area (Å²) in [6.07, 6.45) is 4.46. The van der Waals surface area contributed by atoms with Gasteiger partial charge >= 0.3 is 0 Å². The maximum atomic E-state index is 12.9. The zero-order valence-electron chi connectivity index (χ0n) is 15.6. The smallest absolute Gasteiger partial charge is 0.244 e.